The SMILES string of the molecule is CCOC(=O)c1nc(F)ccc1NC(C)c1cc(C)cc(N2CCOC2=O)c1. The van der Waals surface area contributed by atoms with E-state index in [0.717, 1.165) is 16.8 Å². The Hall–Kier alpha value is -3.16. The van der Waals surface area contributed by atoms with Crippen LogP contribution in [0.1, 0.15) is 41.5 Å². The summed E-state index contributed by atoms with van der Waals surface area (Å²) in [5.74, 6) is -1.45. The summed E-state index contributed by atoms with van der Waals surface area (Å²) in [6, 6.07) is 8.17. The van der Waals surface area contributed by atoms with E-state index in [4.69, 9.17) is 9.47 Å². The van der Waals surface area contributed by atoms with Gasteiger partial charge in [-0.1, -0.05) is 6.07 Å². The molecule has 0 radical (unpaired) electrons. The van der Waals surface area contributed by atoms with E-state index in [1.807, 2.05) is 32.0 Å². The highest BCUT2D eigenvalue weighted by Crippen LogP contribution is 2.28. The van der Waals surface area contributed by atoms with Crippen LogP contribution in [0, 0.1) is 12.9 Å². The molecule has 1 aromatic carbocycles. The molecule has 7 nitrogen and oxygen atoms in total. The van der Waals surface area contributed by atoms with E-state index in [1.54, 1.807) is 11.8 Å². The lowest BCUT2D eigenvalue weighted by Crippen LogP contribution is -2.23. The molecule has 1 atom stereocenters. The number of cyclic esters (lactones) is 1. The number of rotatable bonds is 6. The lowest BCUT2D eigenvalue weighted by atomic mass is 10.0. The molecule has 2 aromatic rings. The standard InChI is InChI=1S/C20H22FN3O4/c1-4-27-19(25)18-16(5-6-17(21)23-18)22-13(3)14-9-12(2)10-15(11-14)24-7-8-28-20(24)26/h5-6,9-11,13,22H,4,7-8H2,1-3H3. The van der Waals surface area contributed by atoms with Crippen molar-refractivity contribution in [2.45, 2.75) is 26.8 Å². The molecule has 148 valence electrons. The van der Waals surface area contributed by atoms with Crippen molar-refractivity contribution in [3.8, 4) is 0 Å². The maximum absolute atomic E-state index is 13.5. The summed E-state index contributed by atoms with van der Waals surface area (Å²) < 4.78 is 23.5. The predicted molar refractivity (Wildman–Crippen MR) is 102 cm³/mol. The number of carbonyl (C=O) groups excluding carboxylic acids is 2. The second kappa shape index (κ2) is 8.24. The molecule has 1 fully saturated rings. The average Bonchev–Trinajstić information content (AvgIpc) is 3.08. The molecule has 0 aliphatic carbocycles. The van der Waals surface area contributed by atoms with E-state index in [-0.39, 0.29) is 24.4 Å². The Bertz CT molecular complexity index is 903. The van der Waals surface area contributed by atoms with Crippen LogP contribution in [0.2, 0.25) is 0 Å². The van der Waals surface area contributed by atoms with Crippen molar-refractivity contribution >= 4 is 23.4 Å². The molecule has 1 aliphatic heterocycles. The van der Waals surface area contributed by atoms with Gasteiger partial charge in [0.1, 0.15) is 6.61 Å². The Labute approximate surface area is 162 Å². The molecule has 1 aliphatic rings. The summed E-state index contributed by atoms with van der Waals surface area (Å²) in [4.78, 5) is 29.2. The first kappa shape index (κ1) is 19.6. The molecule has 1 unspecified atom stereocenters. The van der Waals surface area contributed by atoms with Crippen LogP contribution >= 0.6 is 0 Å². The first-order chi connectivity index (χ1) is 13.4. The normalized spacial score (nSPS) is 14.6. The van der Waals surface area contributed by atoms with Gasteiger partial charge < -0.3 is 14.8 Å². The molecule has 1 saturated heterocycles. The van der Waals surface area contributed by atoms with Crippen LogP contribution in [-0.2, 0) is 9.47 Å². The minimum absolute atomic E-state index is 0.107. The highest BCUT2D eigenvalue weighted by molar-refractivity contribution is 5.93. The number of anilines is 2. The number of aryl methyl sites for hydroxylation is 1. The number of nitrogens with zero attached hydrogens (tertiary/aromatic N) is 2. The maximum atomic E-state index is 13.5. The summed E-state index contributed by atoms with van der Waals surface area (Å²) in [5.41, 5.74) is 2.88. The molecule has 0 saturated carbocycles. The third kappa shape index (κ3) is 4.21. The Morgan fingerprint density at radius 1 is 1.39 bits per heavy atom. The van der Waals surface area contributed by atoms with Gasteiger partial charge in [0.2, 0.25) is 5.95 Å². The van der Waals surface area contributed by atoms with Crippen molar-refractivity contribution in [3.63, 3.8) is 0 Å². The van der Waals surface area contributed by atoms with Gasteiger partial charge in [-0.05, 0) is 56.2 Å². The Kier molecular flexibility index (Phi) is 5.77. The van der Waals surface area contributed by atoms with Crippen molar-refractivity contribution in [3.05, 3.63) is 53.1 Å². The molecule has 2 heterocycles. The van der Waals surface area contributed by atoms with Crippen molar-refractivity contribution in [1.82, 2.24) is 4.98 Å². The Morgan fingerprint density at radius 2 is 2.18 bits per heavy atom. The fourth-order valence-corrected chi connectivity index (χ4v) is 3.05. The van der Waals surface area contributed by atoms with Gasteiger partial charge >= 0.3 is 12.1 Å². The largest absolute Gasteiger partial charge is 0.461 e. The van der Waals surface area contributed by atoms with Gasteiger partial charge in [-0.15, -0.1) is 0 Å². The molecule has 8 heteroatoms. The molecular formula is C20H22FN3O4. The number of pyridine rings is 1. The van der Waals surface area contributed by atoms with Crippen LogP contribution < -0.4 is 10.2 Å². The first-order valence-electron chi connectivity index (χ1n) is 9.05. The fourth-order valence-electron chi connectivity index (χ4n) is 3.05. The minimum Gasteiger partial charge on any atom is -0.461 e. The summed E-state index contributed by atoms with van der Waals surface area (Å²) in [6.07, 6.45) is -0.371. The monoisotopic (exact) mass is 387 g/mol. The third-order valence-corrected chi connectivity index (χ3v) is 4.36. The lowest BCUT2D eigenvalue weighted by Gasteiger charge is -2.21. The molecule has 1 amide bonds. The molecule has 0 spiro atoms. The number of aromatic nitrogens is 1. The molecule has 1 N–H and O–H groups in total. The van der Waals surface area contributed by atoms with Gasteiger partial charge in [-0.3, -0.25) is 4.90 Å². The van der Waals surface area contributed by atoms with Crippen molar-refractivity contribution < 1.29 is 23.5 Å². The lowest BCUT2D eigenvalue weighted by molar-refractivity contribution is 0.0519. The minimum atomic E-state index is -0.758. The third-order valence-electron chi connectivity index (χ3n) is 4.36. The van der Waals surface area contributed by atoms with Crippen molar-refractivity contribution in [2.75, 3.05) is 30.0 Å². The number of halogens is 1. The quantitative estimate of drug-likeness (QED) is 0.599. The molecule has 28 heavy (non-hydrogen) atoms. The Morgan fingerprint density at radius 3 is 2.86 bits per heavy atom. The zero-order chi connectivity index (χ0) is 20.3. The van der Waals surface area contributed by atoms with Crippen LogP contribution in [0.4, 0.5) is 20.6 Å². The summed E-state index contributed by atoms with van der Waals surface area (Å²) in [5, 5.41) is 3.18. The van der Waals surface area contributed by atoms with Crippen LogP contribution in [0.5, 0.6) is 0 Å². The predicted octanol–water partition coefficient (Wildman–Crippen LogP) is 3.84. The summed E-state index contributed by atoms with van der Waals surface area (Å²) in [7, 11) is 0. The summed E-state index contributed by atoms with van der Waals surface area (Å²) >= 11 is 0. The maximum Gasteiger partial charge on any atom is 0.414 e. The van der Waals surface area contributed by atoms with E-state index < -0.39 is 11.9 Å². The van der Waals surface area contributed by atoms with Gasteiger partial charge in [0.25, 0.3) is 0 Å². The van der Waals surface area contributed by atoms with E-state index >= 15 is 0 Å². The van der Waals surface area contributed by atoms with Gasteiger partial charge in [-0.2, -0.15) is 4.39 Å². The Balaban J connectivity index is 1.87. The van der Waals surface area contributed by atoms with E-state index in [0.29, 0.717) is 18.8 Å². The van der Waals surface area contributed by atoms with Gasteiger partial charge in [0, 0.05) is 11.7 Å². The van der Waals surface area contributed by atoms with Gasteiger partial charge in [-0.25, -0.2) is 14.6 Å². The van der Waals surface area contributed by atoms with Gasteiger partial charge in [0.05, 0.1) is 18.8 Å². The van der Waals surface area contributed by atoms with Crippen molar-refractivity contribution in [2.24, 2.45) is 0 Å². The van der Waals surface area contributed by atoms with Gasteiger partial charge in [0.15, 0.2) is 5.69 Å². The highest BCUT2D eigenvalue weighted by atomic mass is 19.1. The smallest absolute Gasteiger partial charge is 0.414 e. The average molecular weight is 387 g/mol. The molecule has 3 rings (SSSR count). The number of nitrogens with one attached hydrogen (secondary N) is 1. The molecular weight excluding hydrogens is 365 g/mol. The first-order valence-corrected chi connectivity index (χ1v) is 9.05. The van der Waals surface area contributed by atoms with Crippen LogP contribution in [-0.4, -0.2) is 36.8 Å². The van der Waals surface area contributed by atoms with Crippen LogP contribution in [0.25, 0.3) is 0 Å². The second-order valence-corrected chi connectivity index (χ2v) is 6.48. The highest BCUT2D eigenvalue weighted by Gasteiger charge is 2.25. The number of carbonyl (C=O) groups is 2. The van der Waals surface area contributed by atoms with E-state index in [9.17, 15) is 14.0 Å². The van der Waals surface area contributed by atoms with E-state index in [1.165, 1.54) is 12.1 Å². The number of amides is 1. The topological polar surface area (TPSA) is 80.8 Å². The van der Waals surface area contributed by atoms with Crippen LogP contribution in [0.15, 0.2) is 30.3 Å². The number of benzene rings is 1. The number of hydrogen-bond acceptors (Lipinski definition) is 6. The van der Waals surface area contributed by atoms with E-state index in [2.05, 4.69) is 10.3 Å². The fraction of sp³-hybridized carbons (Fsp3) is 0.350. The zero-order valence-corrected chi connectivity index (χ0v) is 16.0. The second-order valence-electron chi connectivity index (χ2n) is 6.48. The molecule has 1 aromatic heterocycles. The number of ether oxygens (including phenoxy) is 2. The van der Waals surface area contributed by atoms with Crippen LogP contribution in [0.3, 0.4) is 0 Å². The zero-order valence-electron chi connectivity index (χ0n) is 16.0. The molecule has 0 bridgehead atoms. The number of esters is 1. The van der Waals surface area contributed by atoms with Crippen molar-refractivity contribution in [1.29, 1.82) is 0 Å². The summed E-state index contributed by atoms with van der Waals surface area (Å²) in [6.45, 7) is 6.53. The number of hydrogen-bond donors (Lipinski definition) is 1.